The third kappa shape index (κ3) is 3.59. The van der Waals surface area contributed by atoms with E-state index in [0.29, 0.717) is 5.69 Å². The Labute approximate surface area is 130 Å². The van der Waals surface area contributed by atoms with E-state index in [1.54, 1.807) is 19.2 Å². The zero-order valence-electron chi connectivity index (χ0n) is 10.9. The van der Waals surface area contributed by atoms with Gasteiger partial charge >= 0.3 is 5.97 Å². The van der Waals surface area contributed by atoms with Crippen LogP contribution in [0.3, 0.4) is 0 Å². The fourth-order valence-electron chi connectivity index (χ4n) is 1.67. The summed E-state index contributed by atoms with van der Waals surface area (Å²) in [6, 6.07) is 5.35. The minimum absolute atomic E-state index is 0.00181. The highest BCUT2D eigenvalue weighted by Gasteiger charge is 2.19. The van der Waals surface area contributed by atoms with Gasteiger partial charge < -0.3 is 5.11 Å². The van der Waals surface area contributed by atoms with E-state index in [1.165, 1.54) is 24.4 Å². The Balaban J connectivity index is 2.38. The molecule has 0 atom stereocenters. The summed E-state index contributed by atoms with van der Waals surface area (Å²) in [5.74, 6) is -1.13. The van der Waals surface area contributed by atoms with Crippen molar-refractivity contribution in [2.75, 3.05) is 4.72 Å². The molecule has 2 aromatic rings. The van der Waals surface area contributed by atoms with Crippen LogP contribution in [-0.4, -0.2) is 24.5 Å². The van der Waals surface area contributed by atoms with Gasteiger partial charge in [-0.05, 0) is 52.7 Å². The molecule has 0 unspecified atom stereocenters. The molecule has 1 aromatic carbocycles. The van der Waals surface area contributed by atoms with Gasteiger partial charge in [0.05, 0.1) is 17.4 Å². The lowest BCUT2D eigenvalue weighted by Crippen LogP contribution is -2.14. The fourth-order valence-corrected chi connectivity index (χ4v) is 3.79. The average Bonchev–Trinajstić information content (AvgIpc) is 2.37. The van der Waals surface area contributed by atoms with E-state index in [0.717, 1.165) is 5.56 Å². The van der Waals surface area contributed by atoms with Gasteiger partial charge in [-0.15, -0.1) is 0 Å². The first-order valence-corrected chi connectivity index (χ1v) is 8.04. The number of carbonyl (C=O) groups is 1. The van der Waals surface area contributed by atoms with Gasteiger partial charge in [-0.1, -0.05) is 0 Å². The number of aryl methyl sites for hydroxylation is 1. The van der Waals surface area contributed by atoms with Crippen LogP contribution in [0.25, 0.3) is 0 Å². The third-order valence-electron chi connectivity index (χ3n) is 2.60. The molecule has 0 radical (unpaired) electrons. The second-order valence-electron chi connectivity index (χ2n) is 4.31. The summed E-state index contributed by atoms with van der Waals surface area (Å²) >= 11 is 3.08. The predicted molar refractivity (Wildman–Crippen MR) is 80.9 cm³/mol. The quantitative estimate of drug-likeness (QED) is 0.862. The Hall–Kier alpha value is -1.93. The molecule has 0 aliphatic carbocycles. The number of aromatic carboxylic acids is 1. The normalized spacial score (nSPS) is 11.1. The van der Waals surface area contributed by atoms with Crippen molar-refractivity contribution in [3.8, 4) is 0 Å². The Morgan fingerprint density at radius 1 is 1.29 bits per heavy atom. The molecule has 1 aromatic heterocycles. The predicted octanol–water partition coefficient (Wildman–Crippen LogP) is 2.65. The summed E-state index contributed by atoms with van der Waals surface area (Å²) in [6.45, 7) is 1.79. The first-order chi connectivity index (χ1) is 9.79. The molecule has 8 heteroatoms. The number of sulfonamides is 1. The highest BCUT2D eigenvalue weighted by Crippen LogP contribution is 2.25. The molecule has 1 heterocycles. The zero-order valence-corrected chi connectivity index (χ0v) is 13.3. The number of carboxylic acid groups (broad SMARTS) is 1. The van der Waals surface area contributed by atoms with Crippen molar-refractivity contribution in [1.29, 1.82) is 0 Å². The molecule has 0 saturated heterocycles. The second kappa shape index (κ2) is 5.82. The molecule has 0 fully saturated rings. The molecule has 21 heavy (non-hydrogen) atoms. The Kier molecular flexibility index (Phi) is 4.29. The van der Waals surface area contributed by atoms with Gasteiger partial charge in [0, 0.05) is 10.7 Å². The number of rotatable bonds is 4. The molecular formula is C13H11BrN2O4S. The zero-order chi connectivity index (χ0) is 15.6. The van der Waals surface area contributed by atoms with Crippen molar-refractivity contribution in [2.45, 2.75) is 11.8 Å². The minimum atomic E-state index is -3.83. The van der Waals surface area contributed by atoms with Crippen molar-refractivity contribution in [3.63, 3.8) is 0 Å². The molecule has 6 nitrogen and oxygen atoms in total. The lowest BCUT2D eigenvalue weighted by molar-refractivity contribution is 0.0696. The smallest absolute Gasteiger partial charge is 0.335 e. The molecule has 0 aliphatic heterocycles. The van der Waals surface area contributed by atoms with Gasteiger partial charge in [0.1, 0.15) is 4.90 Å². The molecule has 110 valence electrons. The first-order valence-electron chi connectivity index (χ1n) is 5.77. The van der Waals surface area contributed by atoms with E-state index in [2.05, 4.69) is 25.6 Å². The highest BCUT2D eigenvalue weighted by molar-refractivity contribution is 9.10. The molecule has 0 saturated carbocycles. The minimum Gasteiger partial charge on any atom is -0.478 e. The van der Waals surface area contributed by atoms with E-state index in [9.17, 15) is 13.2 Å². The van der Waals surface area contributed by atoms with Gasteiger partial charge in [-0.2, -0.15) is 0 Å². The number of aromatic nitrogens is 1. The number of halogens is 1. The summed E-state index contributed by atoms with van der Waals surface area (Å²) in [5.41, 5.74) is 1.15. The number of anilines is 1. The first kappa shape index (κ1) is 15.5. The summed E-state index contributed by atoms with van der Waals surface area (Å²) in [6.07, 6.45) is 3.00. The van der Waals surface area contributed by atoms with Crippen LogP contribution >= 0.6 is 15.9 Å². The van der Waals surface area contributed by atoms with Crippen LogP contribution in [0.4, 0.5) is 5.69 Å². The lowest BCUT2D eigenvalue weighted by Gasteiger charge is -2.10. The summed E-state index contributed by atoms with van der Waals surface area (Å²) in [7, 11) is -3.83. The maximum Gasteiger partial charge on any atom is 0.335 e. The third-order valence-corrected chi connectivity index (χ3v) is 4.95. The Morgan fingerprint density at radius 3 is 2.57 bits per heavy atom. The number of carboxylic acids is 1. The Morgan fingerprint density at radius 2 is 2.00 bits per heavy atom. The van der Waals surface area contributed by atoms with Crippen LogP contribution in [0.2, 0.25) is 0 Å². The Bertz CT molecular complexity index is 806. The van der Waals surface area contributed by atoms with Crippen LogP contribution in [0.15, 0.2) is 46.0 Å². The molecular weight excluding hydrogens is 360 g/mol. The number of nitrogens with zero attached hydrogens (tertiary/aromatic N) is 1. The second-order valence-corrected chi connectivity index (χ2v) is 6.81. The van der Waals surface area contributed by atoms with Gasteiger partial charge in [-0.25, -0.2) is 13.2 Å². The average molecular weight is 371 g/mol. The van der Waals surface area contributed by atoms with Crippen LogP contribution in [-0.2, 0) is 10.0 Å². The van der Waals surface area contributed by atoms with Crippen molar-refractivity contribution in [1.82, 2.24) is 4.98 Å². The van der Waals surface area contributed by atoms with Crippen LogP contribution in [0.5, 0.6) is 0 Å². The topological polar surface area (TPSA) is 96.4 Å². The number of hydrogen-bond donors (Lipinski definition) is 2. The number of hydrogen-bond acceptors (Lipinski definition) is 4. The fraction of sp³-hybridized carbons (Fsp3) is 0.0769. The molecule has 0 spiro atoms. The van der Waals surface area contributed by atoms with E-state index >= 15 is 0 Å². The largest absolute Gasteiger partial charge is 0.478 e. The summed E-state index contributed by atoms with van der Waals surface area (Å²) in [5, 5.41) is 8.87. The summed E-state index contributed by atoms with van der Waals surface area (Å²) < 4.78 is 27.2. The number of pyridine rings is 1. The van der Waals surface area contributed by atoms with E-state index in [4.69, 9.17) is 5.11 Å². The maximum atomic E-state index is 12.3. The van der Waals surface area contributed by atoms with E-state index in [-0.39, 0.29) is 14.9 Å². The van der Waals surface area contributed by atoms with E-state index in [1.807, 2.05) is 0 Å². The maximum absolute atomic E-state index is 12.3. The van der Waals surface area contributed by atoms with Crippen molar-refractivity contribution < 1.29 is 18.3 Å². The van der Waals surface area contributed by atoms with Gasteiger partial charge in [0.25, 0.3) is 10.0 Å². The monoisotopic (exact) mass is 370 g/mol. The van der Waals surface area contributed by atoms with Crippen LogP contribution < -0.4 is 4.72 Å². The number of benzene rings is 1. The molecule has 0 bridgehead atoms. The molecule has 0 aliphatic rings. The van der Waals surface area contributed by atoms with E-state index < -0.39 is 16.0 Å². The van der Waals surface area contributed by atoms with Crippen molar-refractivity contribution >= 4 is 37.6 Å². The van der Waals surface area contributed by atoms with Crippen molar-refractivity contribution in [3.05, 3.63) is 52.3 Å². The SMILES string of the molecule is Cc1cncc(NS(=O)(=O)c2ccc(C(=O)O)cc2Br)c1. The van der Waals surface area contributed by atoms with Gasteiger partial charge in [0.15, 0.2) is 0 Å². The lowest BCUT2D eigenvalue weighted by atomic mass is 10.2. The van der Waals surface area contributed by atoms with Crippen LogP contribution in [0, 0.1) is 6.92 Å². The molecule has 0 amide bonds. The summed E-state index contributed by atoms with van der Waals surface area (Å²) in [4.78, 5) is 14.7. The standard InChI is InChI=1S/C13H11BrN2O4S/c1-8-4-10(7-15-6-8)16-21(19,20)12-3-2-9(13(17)18)5-11(12)14/h2-7,16H,1H3,(H,17,18). The molecule has 2 rings (SSSR count). The van der Waals surface area contributed by atoms with Crippen molar-refractivity contribution in [2.24, 2.45) is 0 Å². The van der Waals surface area contributed by atoms with Crippen LogP contribution in [0.1, 0.15) is 15.9 Å². The van der Waals surface area contributed by atoms with Gasteiger partial charge in [0.2, 0.25) is 0 Å². The van der Waals surface area contributed by atoms with Gasteiger partial charge in [-0.3, -0.25) is 9.71 Å². The molecule has 2 N–H and O–H groups in total. The number of nitrogens with one attached hydrogen (secondary N) is 1. The highest BCUT2D eigenvalue weighted by atomic mass is 79.9.